The predicted molar refractivity (Wildman–Crippen MR) is 83.1 cm³/mol. The summed E-state index contributed by atoms with van der Waals surface area (Å²) in [7, 11) is 0. The maximum absolute atomic E-state index is 12.2. The number of hydrogen-bond acceptors (Lipinski definition) is 5. The van der Waals surface area contributed by atoms with Crippen molar-refractivity contribution in [2.75, 3.05) is 5.32 Å². The first-order chi connectivity index (χ1) is 10.1. The minimum Gasteiger partial charge on any atom is -0.513 e. The van der Waals surface area contributed by atoms with E-state index in [0.29, 0.717) is 27.3 Å². The van der Waals surface area contributed by atoms with Crippen LogP contribution in [0.4, 0.5) is 5.69 Å². The molecule has 22 heavy (non-hydrogen) atoms. The number of benzene rings is 1. The van der Waals surface area contributed by atoms with Gasteiger partial charge < -0.3 is 10.3 Å². The van der Waals surface area contributed by atoms with Gasteiger partial charge in [-0.05, 0) is 12.1 Å². The quantitative estimate of drug-likeness (QED) is 0.415. The average molecular weight is 559 g/mol. The minimum atomic E-state index is -0.262. The standard InChI is InChI=1S/C14H9N4O2S.Lr/c1-6-4-15-12-10-8(21-13(12)14(20)17-6)3-2-7-11(10)16-5-9(19)18-7;/h2-5,15H,1H3,(H,18,19);/q-1;. The number of aliphatic imine (C=N–C) groups is 1. The molecule has 1 aromatic carbocycles. The number of nitrogens with one attached hydrogen (secondary N) is 2. The van der Waals surface area contributed by atoms with Crippen molar-refractivity contribution in [2.24, 2.45) is 4.99 Å². The van der Waals surface area contributed by atoms with Crippen molar-refractivity contribution in [2.45, 2.75) is 6.92 Å². The van der Waals surface area contributed by atoms with Gasteiger partial charge in [-0.25, -0.2) is 9.98 Å². The van der Waals surface area contributed by atoms with E-state index in [0.717, 1.165) is 10.1 Å². The average Bonchev–Trinajstić information content (AvgIpc) is 2.77. The molecule has 3 heterocycles. The van der Waals surface area contributed by atoms with Crippen LogP contribution in [0.3, 0.4) is 0 Å². The van der Waals surface area contributed by atoms with Crippen molar-refractivity contribution >= 4 is 49.8 Å². The summed E-state index contributed by atoms with van der Waals surface area (Å²) in [5, 5.41) is 3.97. The predicted octanol–water partition coefficient (Wildman–Crippen LogP) is 2.33. The number of nitrogens with zero attached hydrogens (tertiary/aromatic N) is 2. The molecule has 6 nitrogen and oxygen atoms in total. The molecule has 2 aromatic heterocycles. The van der Waals surface area contributed by atoms with Crippen LogP contribution >= 0.6 is 11.3 Å². The second-order valence-corrected chi connectivity index (χ2v) is 5.79. The first-order valence-electron chi connectivity index (χ1n) is 6.27. The summed E-state index contributed by atoms with van der Waals surface area (Å²) in [4.78, 5) is 35.1. The maximum atomic E-state index is 12.2. The molecule has 119 valence electrons. The number of aromatic amines is 1. The first kappa shape index (κ1) is 13.3. The molecule has 1 amide bonds. The zero-order valence-corrected chi connectivity index (χ0v) is 14.2. The van der Waals surface area contributed by atoms with Crippen LogP contribution < -0.4 is 10.9 Å². The van der Waals surface area contributed by atoms with E-state index < -0.39 is 0 Å². The third-order valence-corrected chi connectivity index (χ3v) is 4.44. The number of thiophene rings is 1. The number of carbonyl (C=O) groups is 1. The fourth-order valence-corrected chi connectivity index (χ4v) is 3.46. The molecule has 1 aliphatic heterocycles. The molecule has 3 aromatic rings. The number of hydrogen-bond donors (Lipinski definition) is 2. The van der Waals surface area contributed by atoms with Gasteiger partial charge in [-0.1, -0.05) is 12.6 Å². The molecule has 0 saturated carbocycles. The molecule has 0 bridgehead atoms. The Morgan fingerprint density at radius 1 is 1.27 bits per heavy atom. The molecule has 0 unspecified atom stereocenters. The Morgan fingerprint density at radius 3 is 2.91 bits per heavy atom. The molecule has 1 aliphatic rings. The van der Waals surface area contributed by atoms with Gasteiger partial charge in [0.05, 0.1) is 17.2 Å². The normalized spacial score (nSPS) is 13.7. The van der Waals surface area contributed by atoms with Crippen molar-refractivity contribution in [3.8, 4) is 0 Å². The summed E-state index contributed by atoms with van der Waals surface area (Å²) < 4.78 is 0.927. The van der Waals surface area contributed by atoms with E-state index >= 15 is 0 Å². The number of amides is 1. The summed E-state index contributed by atoms with van der Waals surface area (Å²) in [6, 6.07) is 3.67. The topological polar surface area (TPSA) is 87.2 Å². The van der Waals surface area contributed by atoms with E-state index in [1.165, 1.54) is 17.5 Å². The number of H-pyrrole nitrogens is 1. The van der Waals surface area contributed by atoms with Gasteiger partial charge in [0.25, 0.3) is 11.5 Å². The number of anilines is 1. The van der Waals surface area contributed by atoms with E-state index in [9.17, 15) is 9.59 Å². The second-order valence-electron chi connectivity index (χ2n) is 4.74. The third-order valence-electron chi connectivity index (χ3n) is 3.30. The van der Waals surface area contributed by atoms with Crippen molar-refractivity contribution in [1.29, 1.82) is 0 Å². The van der Waals surface area contributed by atoms with E-state index in [1.54, 1.807) is 19.5 Å². The summed E-state index contributed by atoms with van der Waals surface area (Å²) in [6.45, 7) is 3.46. The molecule has 0 fully saturated rings. The molecule has 0 spiro atoms. The zero-order valence-electron chi connectivity index (χ0n) is 11.2. The number of carbonyl (C=O) groups excluding carboxylic acids is 1. The molecule has 0 aliphatic carbocycles. The van der Waals surface area contributed by atoms with Crippen LogP contribution in [-0.4, -0.2) is 21.6 Å². The summed E-state index contributed by atoms with van der Waals surface area (Å²) in [5.41, 5.74) is 2.38. The second kappa shape index (κ2) is 4.42. The fourth-order valence-electron chi connectivity index (χ4n) is 2.41. The smallest absolute Gasteiger partial charge is 0.286 e. The summed E-state index contributed by atoms with van der Waals surface area (Å²) in [6.07, 6.45) is 1.25. The largest absolute Gasteiger partial charge is 0.513 e. The zero-order chi connectivity index (χ0) is 14.6. The summed E-state index contributed by atoms with van der Waals surface area (Å²) in [5.74, 6) is -0.262. The molecule has 0 atom stereocenters. The third kappa shape index (κ3) is 1.71. The van der Waals surface area contributed by atoms with Gasteiger partial charge in [0, 0.05) is 15.8 Å². The van der Waals surface area contributed by atoms with Gasteiger partial charge in [-0.15, -0.1) is 11.3 Å². The van der Waals surface area contributed by atoms with Gasteiger partial charge >= 0.3 is 0 Å². The number of aromatic nitrogens is 2. The van der Waals surface area contributed by atoms with Crippen LogP contribution in [0.15, 0.2) is 28.1 Å². The van der Waals surface area contributed by atoms with Gasteiger partial charge in [0.2, 0.25) is 0 Å². The Balaban J connectivity index is 0.00000144. The van der Waals surface area contributed by atoms with Gasteiger partial charge in [0.15, 0.2) is 0 Å². The SMILES string of the molecule is CC1=NC(=O)c2sc3ccc4[nH]c(=O)cnc4c3c2N[CH-]1.[Lr]. The molecule has 2 N–H and O–H groups in total. The van der Waals surface area contributed by atoms with Crippen LogP contribution in [0.2, 0.25) is 0 Å². The van der Waals surface area contributed by atoms with Crippen LogP contribution in [0.1, 0.15) is 16.6 Å². The first-order valence-corrected chi connectivity index (χ1v) is 7.09. The van der Waals surface area contributed by atoms with E-state index in [-0.39, 0.29) is 11.5 Å². The molecule has 1 radical (unpaired) electrons. The van der Waals surface area contributed by atoms with E-state index in [1.807, 2.05) is 6.07 Å². The van der Waals surface area contributed by atoms with Crippen LogP contribution in [0.25, 0.3) is 21.1 Å². The maximum Gasteiger partial charge on any atom is 0.286 e. The Labute approximate surface area is 122 Å². The van der Waals surface area contributed by atoms with Crippen LogP contribution in [0, 0.1) is 6.54 Å². The Morgan fingerprint density at radius 2 is 2.09 bits per heavy atom. The van der Waals surface area contributed by atoms with Crippen molar-refractivity contribution in [3.05, 3.63) is 40.1 Å². The Kier molecular flexibility index (Phi) is 2.68. The number of fused-ring (bicyclic) bond motifs is 5. The minimum absolute atomic E-state index is 0. The van der Waals surface area contributed by atoms with Crippen molar-refractivity contribution < 1.29 is 4.79 Å². The van der Waals surface area contributed by atoms with Crippen molar-refractivity contribution in [1.82, 2.24) is 9.97 Å². The molecule has 4 rings (SSSR count). The van der Waals surface area contributed by atoms with E-state index in [4.69, 9.17) is 0 Å². The Hall–Kier alpha value is -3.67. The molecule has 0 saturated heterocycles. The van der Waals surface area contributed by atoms with Crippen molar-refractivity contribution in [3.63, 3.8) is 0 Å². The van der Waals surface area contributed by atoms with Gasteiger partial charge in [-0.2, -0.15) is 0 Å². The fraction of sp³-hybridized carbons (Fsp3) is 0.0714. The van der Waals surface area contributed by atoms with Crippen LogP contribution in [0.5, 0.6) is 0 Å². The monoisotopic (exact) mass is 559 g/mol. The van der Waals surface area contributed by atoms with Gasteiger partial charge in [0.1, 0.15) is 4.88 Å². The molecular formula is C14H9LrN4O2S-. The van der Waals surface area contributed by atoms with Crippen LogP contribution in [-0.2, 0) is 0 Å². The number of rotatable bonds is 0. The van der Waals surface area contributed by atoms with E-state index in [2.05, 4.69) is 20.3 Å². The Bertz CT molecular complexity index is 1010. The summed E-state index contributed by atoms with van der Waals surface area (Å²) >= 11 is 1.37. The molecular weight excluding hydrogens is 550 g/mol. The molecule has 8 heteroatoms. The van der Waals surface area contributed by atoms with Gasteiger partial charge in [-0.3, -0.25) is 16.1 Å².